The minimum atomic E-state index is 0. The molecule has 0 radical (unpaired) electrons. The first-order valence-electron chi connectivity index (χ1n) is 4.70. The Morgan fingerprint density at radius 3 is 2.00 bits per heavy atom. The second-order valence-corrected chi connectivity index (χ2v) is 2.53. The van der Waals surface area contributed by atoms with Gasteiger partial charge in [0, 0.05) is 5.78 Å². The number of hydrogen-bond acceptors (Lipinski definition) is 2. The van der Waals surface area contributed by atoms with Gasteiger partial charge in [0.15, 0.2) is 0 Å². The summed E-state index contributed by atoms with van der Waals surface area (Å²) in [6.45, 7) is 13.7. The SMILES string of the molecule is CC.CC(=O)[C-]1CCCN1C.[CH-]=C.[K+]. The minimum absolute atomic E-state index is 0. The van der Waals surface area contributed by atoms with Crippen molar-refractivity contribution in [1.82, 2.24) is 4.90 Å². The molecule has 1 aliphatic rings. The van der Waals surface area contributed by atoms with Crippen LogP contribution in [0, 0.1) is 12.6 Å². The molecule has 0 atom stereocenters. The molecule has 1 heterocycles. The summed E-state index contributed by atoms with van der Waals surface area (Å²) in [5.41, 5.74) is 0. The number of likely N-dealkylation sites (N-methyl/N-ethyl adjacent to an activating group) is 1. The van der Waals surface area contributed by atoms with E-state index in [2.05, 4.69) is 13.2 Å². The van der Waals surface area contributed by atoms with Crippen molar-refractivity contribution in [3.05, 3.63) is 19.2 Å². The number of carbonyl (C=O) groups is 1. The molecule has 0 unspecified atom stereocenters. The van der Waals surface area contributed by atoms with Crippen LogP contribution in [0.5, 0.6) is 0 Å². The molecule has 0 bridgehead atoms. The summed E-state index contributed by atoms with van der Waals surface area (Å²) < 4.78 is 0. The Balaban J connectivity index is -0.000000216. The monoisotopic (exact) mass is 222 g/mol. The molecule has 0 saturated carbocycles. The van der Waals surface area contributed by atoms with Gasteiger partial charge in [-0.3, -0.25) is 6.58 Å². The third kappa shape index (κ3) is 8.21. The van der Waals surface area contributed by atoms with Crippen LogP contribution in [0.15, 0.2) is 6.58 Å². The van der Waals surface area contributed by atoms with E-state index < -0.39 is 0 Å². The number of likely N-dealkylation sites (tertiary alicyclic amines) is 1. The summed E-state index contributed by atoms with van der Waals surface area (Å²) in [5, 5.41) is 0. The van der Waals surface area contributed by atoms with Crippen molar-refractivity contribution in [2.24, 2.45) is 0 Å². The second-order valence-electron chi connectivity index (χ2n) is 2.53. The second kappa shape index (κ2) is 13.9. The number of hydrogen-bond donors (Lipinski definition) is 0. The number of ketones is 1. The van der Waals surface area contributed by atoms with Crippen LogP contribution in [0.25, 0.3) is 0 Å². The molecule has 0 amide bonds. The molecule has 14 heavy (non-hydrogen) atoms. The summed E-state index contributed by atoms with van der Waals surface area (Å²) in [6, 6.07) is 0.995. The largest absolute Gasteiger partial charge is 1.00 e. The normalized spacial score (nSPS) is 14.1. The fourth-order valence-corrected chi connectivity index (χ4v) is 1.25. The maximum Gasteiger partial charge on any atom is 1.00 e. The van der Waals surface area contributed by atoms with Gasteiger partial charge in [-0.25, -0.2) is 6.04 Å². The molecule has 0 spiro atoms. The maximum atomic E-state index is 10.8. The molecule has 0 N–H and O–H groups in total. The molecule has 2 nitrogen and oxygen atoms in total. The average molecular weight is 222 g/mol. The molecule has 3 heteroatoms. The van der Waals surface area contributed by atoms with Crippen molar-refractivity contribution >= 4 is 5.78 Å². The van der Waals surface area contributed by atoms with Gasteiger partial charge in [0.1, 0.15) is 0 Å². The smallest absolute Gasteiger partial charge is 0.521 e. The van der Waals surface area contributed by atoms with Crippen LogP contribution in [-0.2, 0) is 4.79 Å². The minimum Gasteiger partial charge on any atom is -0.521 e. The molecule has 1 aliphatic heterocycles. The third-order valence-electron chi connectivity index (χ3n) is 1.77. The molecular formula is C11H21KNO-. The van der Waals surface area contributed by atoms with Crippen molar-refractivity contribution in [1.29, 1.82) is 0 Å². The topological polar surface area (TPSA) is 20.3 Å². The standard InChI is InChI=1S/C7H12NO.C2H6.C2H3.K/c1-6(9)7-4-3-5-8(7)2;2*1-2;/h3-5H2,1-2H3;1-2H3;1H,2H2;/q-1;;-1;+1. The zero-order valence-electron chi connectivity index (χ0n) is 10.3. The quantitative estimate of drug-likeness (QED) is 0.439. The van der Waals surface area contributed by atoms with Crippen molar-refractivity contribution in [2.75, 3.05) is 13.6 Å². The average Bonchev–Trinajstić information content (AvgIpc) is 2.58. The molecule has 0 aliphatic carbocycles. The summed E-state index contributed by atoms with van der Waals surface area (Å²) in [7, 11) is 1.98. The van der Waals surface area contributed by atoms with Gasteiger partial charge in [0.25, 0.3) is 0 Å². The van der Waals surface area contributed by atoms with E-state index in [-0.39, 0.29) is 57.2 Å². The summed E-state index contributed by atoms with van der Waals surface area (Å²) in [5.74, 6) is 0.231. The summed E-state index contributed by atoms with van der Waals surface area (Å²) in [4.78, 5) is 12.8. The molecular weight excluding hydrogens is 201 g/mol. The van der Waals surface area contributed by atoms with Crippen LogP contribution in [0.4, 0.5) is 0 Å². The van der Waals surface area contributed by atoms with E-state index in [0.717, 1.165) is 25.4 Å². The number of Topliss-reactive ketones (excluding diaryl/α,β-unsaturated/α-hetero) is 1. The Bertz CT molecular complexity index is 139. The Morgan fingerprint density at radius 1 is 1.43 bits per heavy atom. The van der Waals surface area contributed by atoms with Gasteiger partial charge in [-0.15, -0.1) is 6.42 Å². The molecule has 1 rings (SSSR count). The van der Waals surface area contributed by atoms with Gasteiger partial charge < -0.3 is 16.3 Å². The van der Waals surface area contributed by atoms with Crippen molar-refractivity contribution in [2.45, 2.75) is 33.6 Å². The van der Waals surface area contributed by atoms with Crippen LogP contribution in [0.1, 0.15) is 33.6 Å². The van der Waals surface area contributed by atoms with Crippen LogP contribution in [0.3, 0.4) is 0 Å². The fourth-order valence-electron chi connectivity index (χ4n) is 1.25. The van der Waals surface area contributed by atoms with Gasteiger partial charge in [0.05, 0.1) is 0 Å². The van der Waals surface area contributed by atoms with Crippen LogP contribution in [-0.4, -0.2) is 24.3 Å². The van der Waals surface area contributed by atoms with Crippen molar-refractivity contribution in [3.63, 3.8) is 0 Å². The molecule has 1 saturated heterocycles. The maximum absolute atomic E-state index is 10.8. The first kappa shape index (κ1) is 20.3. The number of nitrogens with zero attached hydrogens (tertiary/aromatic N) is 1. The van der Waals surface area contributed by atoms with E-state index in [4.69, 9.17) is 0 Å². The van der Waals surface area contributed by atoms with Gasteiger partial charge in [0.2, 0.25) is 0 Å². The van der Waals surface area contributed by atoms with Gasteiger partial charge in [-0.05, 0) is 20.5 Å². The van der Waals surface area contributed by atoms with Crippen molar-refractivity contribution in [3.8, 4) is 0 Å². The van der Waals surface area contributed by atoms with Gasteiger partial charge in [-0.1, -0.05) is 20.3 Å². The Morgan fingerprint density at radius 2 is 1.86 bits per heavy atom. The van der Waals surface area contributed by atoms with E-state index in [1.54, 1.807) is 6.92 Å². The van der Waals surface area contributed by atoms with Crippen LogP contribution in [0.2, 0.25) is 0 Å². The van der Waals surface area contributed by atoms with Crippen LogP contribution < -0.4 is 51.4 Å². The zero-order chi connectivity index (χ0) is 10.9. The molecule has 0 aromatic carbocycles. The zero-order valence-corrected chi connectivity index (χ0v) is 13.4. The fraction of sp³-hybridized carbons (Fsp3) is 0.636. The predicted molar refractivity (Wildman–Crippen MR) is 57.1 cm³/mol. The van der Waals surface area contributed by atoms with Gasteiger partial charge >= 0.3 is 51.4 Å². The van der Waals surface area contributed by atoms with E-state index in [1.807, 2.05) is 25.8 Å². The van der Waals surface area contributed by atoms with Gasteiger partial charge in [-0.2, -0.15) is 0 Å². The van der Waals surface area contributed by atoms with E-state index in [1.165, 1.54) is 0 Å². The predicted octanol–water partition coefficient (Wildman–Crippen LogP) is -0.531. The van der Waals surface area contributed by atoms with Crippen LogP contribution >= 0.6 is 0 Å². The van der Waals surface area contributed by atoms with E-state index in [9.17, 15) is 4.79 Å². The number of carbonyl (C=O) groups excluding carboxylic acids is 1. The molecule has 1 fully saturated rings. The van der Waals surface area contributed by atoms with E-state index >= 15 is 0 Å². The summed E-state index contributed by atoms with van der Waals surface area (Å²) >= 11 is 0. The Kier molecular flexibility index (Phi) is 20.1. The van der Waals surface area contributed by atoms with Crippen molar-refractivity contribution < 1.29 is 56.2 Å². The van der Waals surface area contributed by atoms with E-state index in [0.29, 0.717) is 0 Å². The summed E-state index contributed by atoms with van der Waals surface area (Å²) in [6.07, 6.45) is 2.12. The Hall–Kier alpha value is 0.876. The molecule has 78 valence electrons. The molecule has 0 aromatic rings. The first-order chi connectivity index (χ1) is 6.22. The number of rotatable bonds is 1. The molecule has 0 aromatic heterocycles. The first-order valence-corrected chi connectivity index (χ1v) is 4.70. The Labute approximate surface area is 132 Å². The third-order valence-corrected chi connectivity index (χ3v) is 1.77.